The number of nitrogens with two attached hydrogens (primary N) is 1. The van der Waals surface area contributed by atoms with E-state index in [1.54, 1.807) is 25.1 Å². The van der Waals surface area contributed by atoms with Crippen molar-refractivity contribution in [2.24, 2.45) is 0 Å². The largest absolute Gasteiger partial charge is 0.398 e. The molecule has 3 N–H and O–H groups in total. The van der Waals surface area contributed by atoms with E-state index >= 15 is 0 Å². The number of hydrogen-bond donors (Lipinski definition) is 2. The number of rotatable bonds is 6. The van der Waals surface area contributed by atoms with Gasteiger partial charge in [0.2, 0.25) is 5.91 Å². The molecule has 0 aliphatic carbocycles. The lowest BCUT2D eigenvalue weighted by Crippen LogP contribution is -2.36. The molecule has 0 radical (unpaired) electrons. The van der Waals surface area contributed by atoms with Gasteiger partial charge in [0, 0.05) is 16.7 Å². The fourth-order valence-corrected chi connectivity index (χ4v) is 3.22. The van der Waals surface area contributed by atoms with E-state index in [4.69, 9.17) is 5.73 Å². The summed E-state index contributed by atoms with van der Waals surface area (Å²) in [5.74, 6) is -0.203. The van der Waals surface area contributed by atoms with Gasteiger partial charge in [-0.3, -0.25) is 9.00 Å². The van der Waals surface area contributed by atoms with Gasteiger partial charge in [-0.15, -0.1) is 0 Å². The second kappa shape index (κ2) is 7.65. The number of halogens is 1. The summed E-state index contributed by atoms with van der Waals surface area (Å²) in [6, 6.07) is 5.16. The van der Waals surface area contributed by atoms with Gasteiger partial charge >= 0.3 is 0 Å². The second-order valence-electron chi connectivity index (χ2n) is 4.27. The maximum Gasteiger partial charge on any atom is 0.235 e. The maximum absolute atomic E-state index is 12.3. The SMILES string of the molecule is CCCCNC(=O)C(C)S(=O)c1cc(Br)ccc1N. The van der Waals surface area contributed by atoms with Gasteiger partial charge in [-0.05, 0) is 31.5 Å². The quantitative estimate of drug-likeness (QED) is 0.613. The Morgan fingerprint density at radius 3 is 2.84 bits per heavy atom. The zero-order valence-corrected chi connectivity index (χ0v) is 13.5. The molecule has 6 heteroatoms. The van der Waals surface area contributed by atoms with E-state index in [-0.39, 0.29) is 5.91 Å². The first kappa shape index (κ1) is 16.2. The lowest BCUT2D eigenvalue weighted by Gasteiger charge is -2.13. The Morgan fingerprint density at radius 1 is 1.53 bits per heavy atom. The molecule has 4 nitrogen and oxygen atoms in total. The number of nitrogens with one attached hydrogen (secondary N) is 1. The van der Waals surface area contributed by atoms with Crippen LogP contribution >= 0.6 is 15.9 Å². The van der Waals surface area contributed by atoms with Crippen LogP contribution in [0.5, 0.6) is 0 Å². The number of anilines is 1. The third-order valence-electron chi connectivity index (χ3n) is 2.71. The monoisotopic (exact) mass is 346 g/mol. The maximum atomic E-state index is 12.3. The van der Waals surface area contributed by atoms with Gasteiger partial charge in [0.15, 0.2) is 0 Å². The molecule has 2 unspecified atom stereocenters. The normalized spacial score (nSPS) is 13.8. The van der Waals surface area contributed by atoms with Gasteiger partial charge in [-0.1, -0.05) is 29.3 Å². The molecule has 2 atom stereocenters. The molecular formula is C13H19BrN2O2S. The van der Waals surface area contributed by atoms with Gasteiger partial charge < -0.3 is 11.1 Å². The van der Waals surface area contributed by atoms with Crippen LogP contribution in [0, 0.1) is 0 Å². The molecule has 1 aromatic carbocycles. The van der Waals surface area contributed by atoms with E-state index in [1.165, 1.54) is 0 Å². The minimum absolute atomic E-state index is 0.203. The first-order valence-electron chi connectivity index (χ1n) is 6.20. The van der Waals surface area contributed by atoms with Crippen LogP contribution in [0.1, 0.15) is 26.7 Å². The molecule has 0 fully saturated rings. The Kier molecular flexibility index (Phi) is 6.51. The summed E-state index contributed by atoms with van der Waals surface area (Å²) in [5.41, 5.74) is 6.24. The Balaban J connectivity index is 2.76. The molecule has 0 bridgehead atoms. The van der Waals surface area contributed by atoms with E-state index in [0.29, 0.717) is 17.1 Å². The summed E-state index contributed by atoms with van der Waals surface area (Å²) in [4.78, 5) is 12.4. The molecule has 0 saturated heterocycles. The van der Waals surface area contributed by atoms with Gasteiger partial charge in [-0.2, -0.15) is 0 Å². The average Bonchev–Trinajstić information content (AvgIpc) is 2.40. The van der Waals surface area contributed by atoms with Gasteiger partial charge in [0.1, 0.15) is 5.25 Å². The summed E-state index contributed by atoms with van der Waals surface area (Å²) in [7, 11) is -1.45. The molecule has 1 amide bonds. The van der Waals surface area contributed by atoms with Crippen LogP contribution in [0.25, 0.3) is 0 Å². The van der Waals surface area contributed by atoms with Gasteiger partial charge in [0.25, 0.3) is 0 Å². The van der Waals surface area contributed by atoms with Crippen molar-refractivity contribution >= 4 is 38.3 Å². The molecule has 0 spiro atoms. The predicted octanol–water partition coefficient (Wildman–Crippen LogP) is 2.44. The second-order valence-corrected chi connectivity index (χ2v) is 6.92. The number of carbonyl (C=O) groups is 1. The molecule has 1 aromatic rings. The molecule has 19 heavy (non-hydrogen) atoms. The summed E-state index contributed by atoms with van der Waals surface area (Å²) in [6.07, 6.45) is 1.93. The van der Waals surface area contributed by atoms with Crippen molar-refractivity contribution in [2.45, 2.75) is 36.8 Å². The third-order valence-corrected chi connectivity index (χ3v) is 4.85. The number of unbranched alkanes of at least 4 members (excludes halogenated alkanes) is 1. The Hall–Kier alpha value is -0.880. The van der Waals surface area contributed by atoms with Crippen molar-refractivity contribution in [3.05, 3.63) is 22.7 Å². The van der Waals surface area contributed by atoms with Crippen molar-refractivity contribution < 1.29 is 9.00 Å². The highest BCUT2D eigenvalue weighted by Crippen LogP contribution is 2.23. The highest BCUT2D eigenvalue weighted by atomic mass is 79.9. The number of benzene rings is 1. The van der Waals surface area contributed by atoms with Crippen molar-refractivity contribution in [1.82, 2.24) is 5.32 Å². The van der Waals surface area contributed by atoms with Crippen LogP contribution < -0.4 is 11.1 Å². The molecular weight excluding hydrogens is 328 g/mol. The van der Waals surface area contributed by atoms with E-state index < -0.39 is 16.0 Å². The van der Waals surface area contributed by atoms with E-state index in [9.17, 15) is 9.00 Å². The van der Waals surface area contributed by atoms with Gasteiger partial charge in [-0.25, -0.2) is 0 Å². The smallest absolute Gasteiger partial charge is 0.235 e. The van der Waals surface area contributed by atoms with Crippen molar-refractivity contribution in [1.29, 1.82) is 0 Å². The predicted molar refractivity (Wildman–Crippen MR) is 82.3 cm³/mol. The van der Waals surface area contributed by atoms with Crippen LogP contribution in [0.15, 0.2) is 27.6 Å². The molecule has 0 aliphatic heterocycles. The van der Waals surface area contributed by atoms with Crippen LogP contribution in [0.2, 0.25) is 0 Å². The van der Waals surface area contributed by atoms with Crippen LogP contribution in [0.3, 0.4) is 0 Å². The fraction of sp³-hybridized carbons (Fsp3) is 0.462. The van der Waals surface area contributed by atoms with E-state index in [1.807, 2.05) is 0 Å². The molecule has 0 aromatic heterocycles. The Bertz CT molecular complexity index is 480. The van der Waals surface area contributed by atoms with Crippen LogP contribution in [0.4, 0.5) is 5.69 Å². The minimum Gasteiger partial charge on any atom is -0.398 e. The average molecular weight is 347 g/mol. The highest BCUT2D eigenvalue weighted by Gasteiger charge is 2.22. The lowest BCUT2D eigenvalue weighted by molar-refractivity contribution is -0.120. The fourth-order valence-electron chi connectivity index (χ4n) is 1.50. The standard InChI is InChI=1S/C13H19BrN2O2S/c1-3-4-7-16-13(17)9(2)19(18)12-8-10(14)5-6-11(12)15/h5-6,8-9H,3-4,7,15H2,1-2H3,(H,16,17). The number of carbonyl (C=O) groups excluding carboxylic acids is 1. The number of amides is 1. The zero-order valence-electron chi connectivity index (χ0n) is 11.1. The summed E-state index contributed by atoms with van der Waals surface area (Å²) >= 11 is 3.31. The first-order chi connectivity index (χ1) is 8.97. The Labute approximate surface area is 124 Å². The first-order valence-corrected chi connectivity index (χ1v) is 8.21. The number of hydrogen-bond acceptors (Lipinski definition) is 3. The number of nitrogen functional groups attached to an aromatic ring is 1. The Morgan fingerprint density at radius 2 is 2.21 bits per heavy atom. The molecule has 0 heterocycles. The lowest BCUT2D eigenvalue weighted by atomic mass is 10.3. The van der Waals surface area contributed by atoms with Crippen molar-refractivity contribution in [3.63, 3.8) is 0 Å². The zero-order chi connectivity index (χ0) is 14.4. The molecule has 106 valence electrons. The van der Waals surface area contributed by atoms with Crippen LogP contribution in [-0.2, 0) is 15.6 Å². The minimum atomic E-state index is -1.45. The molecule has 0 aliphatic rings. The van der Waals surface area contributed by atoms with Crippen molar-refractivity contribution in [3.8, 4) is 0 Å². The summed E-state index contributed by atoms with van der Waals surface area (Å²) < 4.78 is 13.1. The van der Waals surface area contributed by atoms with Gasteiger partial charge in [0.05, 0.1) is 15.7 Å². The van der Waals surface area contributed by atoms with E-state index in [0.717, 1.165) is 17.3 Å². The topological polar surface area (TPSA) is 72.2 Å². The summed E-state index contributed by atoms with van der Waals surface area (Å²) in [5, 5.41) is 2.17. The van der Waals surface area contributed by atoms with Crippen LogP contribution in [-0.4, -0.2) is 21.9 Å². The third kappa shape index (κ3) is 4.62. The summed E-state index contributed by atoms with van der Waals surface area (Å²) in [6.45, 7) is 4.32. The molecule has 1 rings (SSSR count). The van der Waals surface area contributed by atoms with Crippen molar-refractivity contribution in [2.75, 3.05) is 12.3 Å². The highest BCUT2D eigenvalue weighted by molar-refractivity contribution is 9.10. The van der Waals surface area contributed by atoms with E-state index in [2.05, 4.69) is 28.2 Å². The molecule has 0 saturated carbocycles.